The minimum atomic E-state index is -0.947. The van der Waals surface area contributed by atoms with Gasteiger partial charge in [0, 0.05) is 19.0 Å². The van der Waals surface area contributed by atoms with Gasteiger partial charge in [-0.05, 0) is 19.3 Å². The van der Waals surface area contributed by atoms with E-state index in [1.54, 1.807) is 0 Å². The van der Waals surface area contributed by atoms with Crippen molar-refractivity contribution in [1.82, 2.24) is 4.90 Å². The second kappa shape index (κ2) is 6.83. The van der Waals surface area contributed by atoms with Gasteiger partial charge in [-0.15, -0.1) is 11.6 Å². The smallest absolute Gasteiger partial charge is 0.407 e. The number of rotatable bonds is 5. The zero-order chi connectivity index (χ0) is 13.6. The molecule has 0 saturated carbocycles. The van der Waals surface area contributed by atoms with E-state index in [1.807, 2.05) is 6.92 Å². The Morgan fingerprint density at radius 1 is 1.39 bits per heavy atom. The van der Waals surface area contributed by atoms with Crippen LogP contribution in [-0.4, -0.2) is 47.6 Å². The Balaban J connectivity index is 2.54. The number of piperidine rings is 1. The molecule has 104 valence electrons. The van der Waals surface area contributed by atoms with Crippen LogP contribution in [0.15, 0.2) is 0 Å². The fourth-order valence-electron chi connectivity index (χ4n) is 1.98. The average molecular weight is 278 g/mol. The summed E-state index contributed by atoms with van der Waals surface area (Å²) in [6.07, 6.45) is 1.73. The quantitative estimate of drug-likeness (QED) is 0.476. The molecule has 1 fully saturated rings. The number of alkyl halides is 1. The normalized spacial score (nSPS) is 18.4. The van der Waals surface area contributed by atoms with Gasteiger partial charge in [0.25, 0.3) is 0 Å². The Morgan fingerprint density at radius 2 is 2.00 bits per heavy atom. The van der Waals surface area contributed by atoms with Crippen molar-refractivity contribution < 1.29 is 19.4 Å². The molecule has 0 bridgehead atoms. The fraction of sp³-hybridized carbons (Fsp3) is 0.833. The van der Waals surface area contributed by atoms with E-state index in [4.69, 9.17) is 21.4 Å². The Labute approximate surface area is 112 Å². The van der Waals surface area contributed by atoms with Crippen LogP contribution in [0.2, 0.25) is 0 Å². The van der Waals surface area contributed by atoms with Crippen LogP contribution in [-0.2, 0) is 9.53 Å². The van der Waals surface area contributed by atoms with Crippen LogP contribution in [0.5, 0.6) is 0 Å². The number of unbranched alkanes of at least 4 members (excludes halogenated alkanes) is 1. The van der Waals surface area contributed by atoms with Crippen LogP contribution in [0.25, 0.3) is 0 Å². The van der Waals surface area contributed by atoms with Crippen molar-refractivity contribution in [2.45, 2.75) is 32.6 Å². The van der Waals surface area contributed by atoms with Gasteiger partial charge in [0.15, 0.2) is 0 Å². The fourth-order valence-corrected chi connectivity index (χ4v) is 2.36. The minimum Gasteiger partial charge on any atom is -0.465 e. The van der Waals surface area contributed by atoms with Crippen molar-refractivity contribution in [3.05, 3.63) is 0 Å². The SMILES string of the molecule is CCCCOC(=O)C1(CCl)CCN(C(=O)O)CC1. The average Bonchev–Trinajstić information content (AvgIpc) is 2.38. The maximum atomic E-state index is 12.0. The second-order valence-electron chi connectivity index (χ2n) is 4.67. The Kier molecular flexibility index (Phi) is 5.72. The highest BCUT2D eigenvalue weighted by Crippen LogP contribution is 2.34. The predicted octanol–water partition coefficient (Wildman–Crippen LogP) is 2.33. The molecule has 1 amide bonds. The number of likely N-dealkylation sites (tertiary alicyclic amines) is 1. The van der Waals surface area contributed by atoms with E-state index in [0.29, 0.717) is 32.5 Å². The lowest BCUT2D eigenvalue weighted by molar-refractivity contribution is -0.157. The van der Waals surface area contributed by atoms with Crippen molar-refractivity contribution >= 4 is 23.7 Å². The molecule has 1 rings (SSSR count). The molecular formula is C12H20ClNO4. The number of esters is 1. The largest absolute Gasteiger partial charge is 0.465 e. The topological polar surface area (TPSA) is 66.8 Å². The summed E-state index contributed by atoms with van der Waals surface area (Å²) in [7, 11) is 0. The first-order chi connectivity index (χ1) is 8.55. The summed E-state index contributed by atoms with van der Waals surface area (Å²) in [6.45, 7) is 3.11. The van der Waals surface area contributed by atoms with E-state index < -0.39 is 11.5 Å². The highest BCUT2D eigenvalue weighted by molar-refractivity contribution is 6.19. The predicted molar refractivity (Wildman–Crippen MR) is 67.9 cm³/mol. The van der Waals surface area contributed by atoms with Crippen LogP contribution in [0, 0.1) is 5.41 Å². The van der Waals surface area contributed by atoms with E-state index in [-0.39, 0.29) is 11.8 Å². The number of hydrogen-bond acceptors (Lipinski definition) is 3. The van der Waals surface area contributed by atoms with Crippen LogP contribution in [0.1, 0.15) is 32.6 Å². The molecule has 5 nitrogen and oxygen atoms in total. The first kappa shape index (κ1) is 15.1. The summed E-state index contributed by atoms with van der Waals surface area (Å²) >= 11 is 5.91. The first-order valence-corrected chi connectivity index (χ1v) is 6.80. The standard InChI is InChI=1S/C12H20ClNO4/c1-2-3-8-18-10(15)12(9-13)4-6-14(7-5-12)11(16)17/h2-9H2,1H3,(H,16,17). The highest BCUT2D eigenvalue weighted by Gasteiger charge is 2.43. The van der Waals surface area contributed by atoms with Gasteiger partial charge in [-0.2, -0.15) is 0 Å². The van der Waals surface area contributed by atoms with Crippen molar-refractivity contribution in [3.63, 3.8) is 0 Å². The summed E-state index contributed by atoms with van der Waals surface area (Å²) in [4.78, 5) is 24.2. The van der Waals surface area contributed by atoms with Crippen LogP contribution in [0.4, 0.5) is 4.79 Å². The maximum absolute atomic E-state index is 12.0. The van der Waals surface area contributed by atoms with Gasteiger partial charge in [0.2, 0.25) is 0 Å². The van der Waals surface area contributed by atoms with E-state index in [9.17, 15) is 9.59 Å². The van der Waals surface area contributed by atoms with E-state index in [1.165, 1.54) is 4.90 Å². The summed E-state index contributed by atoms with van der Waals surface area (Å²) in [5.74, 6) is -0.0956. The summed E-state index contributed by atoms with van der Waals surface area (Å²) in [5.41, 5.74) is -0.707. The minimum absolute atomic E-state index is 0.186. The number of amides is 1. The van der Waals surface area contributed by atoms with Gasteiger partial charge in [0.1, 0.15) is 0 Å². The number of carboxylic acid groups (broad SMARTS) is 1. The number of ether oxygens (including phenoxy) is 1. The molecule has 0 spiro atoms. The molecule has 0 aromatic heterocycles. The molecule has 1 heterocycles. The molecule has 18 heavy (non-hydrogen) atoms. The molecule has 0 atom stereocenters. The number of carbonyl (C=O) groups excluding carboxylic acids is 1. The molecule has 1 aliphatic rings. The number of nitrogens with zero attached hydrogens (tertiary/aromatic N) is 1. The molecule has 0 radical (unpaired) electrons. The highest BCUT2D eigenvalue weighted by atomic mass is 35.5. The third kappa shape index (κ3) is 3.51. The zero-order valence-electron chi connectivity index (χ0n) is 10.7. The number of hydrogen-bond donors (Lipinski definition) is 1. The van der Waals surface area contributed by atoms with Gasteiger partial charge in [-0.25, -0.2) is 4.79 Å². The van der Waals surface area contributed by atoms with Crippen molar-refractivity contribution in [2.75, 3.05) is 25.6 Å². The zero-order valence-corrected chi connectivity index (χ0v) is 11.4. The molecule has 0 aliphatic carbocycles. The van der Waals surface area contributed by atoms with E-state index in [0.717, 1.165) is 12.8 Å². The van der Waals surface area contributed by atoms with E-state index in [2.05, 4.69) is 0 Å². The number of carbonyl (C=O) groups is 2. The van der Waals surface area contributed by atoms with Gasteiger partial charge in [-0.1, -0.05) is 13.3 Å². The maximum Gasteiger partial charge on any atom is 0.407 e. The molecule has 0 aromatic rings. The first-order valence-electron chi connectivity index (χ1n) is 6.27. The van der Waals surface area contributed by atoms with Crippen LogP contribution in [0.3, 0.4) is 0 Å². The van der Waals surface area contributed by atoms with Crippen molar-refractivity contribution in [3.8, 4) is 0 Å². The van der Waals surface area contributed by atoms with Gasteiger partial charge < -0.3 is 14.7 Å². The third-order valence-electron chi connectivity index (χ3n) is 3.41. The summed E-state index contributed by atoms with van der Waals surface area (Å²) < 4.78 is 5.22. The number of halogens is 1. The molecule has 1 saturated heterocycles. The molecule has 1 aliphatic heterocycles. The lowest BCUT2D eigenvalue weighted by atomic mass is 9.80. The van der Waals surface area contributed by atoms with Gasteiger partial charge >= 0.3 is 12.1 Å². The van der Waals surface area contributed by atoms with Gasteiger partial charge in [-0.3, -0.25) is 4.79 Å². The molecule has 0 aromatic carbocycles. The third-order valence-corrected chi connectivity index (χ3v) is 3.92. The lowest BCUT2D eigenvalue weighted by Crippen LogP contribution is -2.47. The van der Waals surface area contributed by atoms with Crippen LogP contribution < -0.4 is 0 Å². The van der Waals surface area contributed by atoms with E-state index >= 15 is 0 Å². The summed E-state index contributed by atoms with van der Waals surface area (Å²) in [6, 6.07) is 0. The Hall–Kier alpha value is -0.970. The molecule has 0 unspecified atom stereocenters. The lowest BCUT2D eigenvalue weighted by Gasteiger charge is -2.37. The van der Waals surface area contributed by atoms with Crippen molar-refractivity contribution in [1.29, 1.82) is 0 Å². The monoisotopic (exact) mass is 277 g/mol. The summed E-state index contributed by atoms with van der Waals surface area (Å²) in [5, 5.41) is 8.87. The Morgan fingerprint density at radius 3 is 2.44 bits per heavy atom. The second-order valence-corrected chi connectivity index (χ2v) is 4.94. The molecular weight excluding hydrogens is 258 g/mol. The van der Waals surface area contributed by atoms with Crippen molar-refractivity contribution in [2.24, 2.45) is 5.41 Å². The van der Waals surface area contributed by atoms with Gasteiger partial charge in [0.05, 0.1) is 12.0 Å². The molecule has 6 heteroatoms. The van der Waals surface area contributed by atoms with Crippen LogP contribution >= 0.6 is 11.6 Å². The molecule has 1 N–H and O–H groups in total. The Bertz CT molecular complexity index is 300.